The zero-order chi connectivity index (χ0) is 20.6. The van der Waals surface area contributed by atoms with E-state index in [9.17, 15) is 4.79 Å². The average Bonchev–Trinajstić information content (AvgIpc) is 3.36. The van der Waals surface area contributed by atoms with Crippen LogP contribution in [0.15, 0.2) is 33.1 Å². The Kier molecular flexibility index (Phi) is 7.32. The van der Waals surface area contributed by atoms with E-state index in [-0.39, 0.29) is 11.8 Å². The highest BCUT2D eigenvalue weighted by Crippen LogP contribution is 2.28. The molecule has 0 atom stereocenters. The number of hydrogen-bond acceptors (Lipinski definition) is 9. The molecule has 0 aliphatic heterocycles. The number of aryl methyl sites for hydroxylation is 1. The molecule has 2 heterocycles. The lowest BCUT2D eigenvalue weighted by atomic mass is 10.2. The first-order chi connectivity index (χ1) is 14.0. The number of nitrogens with one attached hydrogen (secondary N) is 1. The van der Waals surface area contributed by atoms with Gasteiger partial charge < -0.3 is 9.84 Å². The van der Waals surface area contributed by atoms with Crippen molar-refractivity contribution in [2.24, 2.45) is 0 Å². The lowest BCUT2D eigenvalue weighted by molar-refractivity contribution is -0.116. The zero-order valence-corrected chi connectivity index (χ0v) is 17.7. The molecule has 0 radical (unpaired) electrons. The van der Waals surface area contributed by atoms with E-state index in [0.717, 1.165) is 15.7 Å². The fourth-order valence-corrected chi connectivity index (χ4v) is 4.05. The average molecular weight is 429 g/mol. The van der Waals surface area contributed by atoms with E-state index in [1.54, 1.807) is 12.1 Å². The first kappa shape index (κ1) is 21.0. The van der Waals surface area contributed by atoms with E-state index in [0.29, 0.717) is 41.7 Å². The van der Waals surface area contributed by atoms with Crippen LogP contribution in [0, 0.1) is 11.3 Å². The summed E-state index contributed by atoms with van der Waals surface area (Å²) in [6.07, 6.45) is 1.52. The van der Waals surface area contributed by atoms with E-state index in [2.05, 4.69) is 31.7 Å². The highest BCUT2D eigenvalue weighted by atomic mass is 32.2. The van der Waals surface area contributed by atoms with Crippen molar-refractivity contribution in [3.8, 4) is 6.07 Å². The normalized spacial score (nSPS) is 10.8. The summed E-state index contributed by atoms with van der Waals surface area (Å²) in [7, 11) is 0. The highest BCUT2D eigenvalue weighted by Gasteiger charge is 2.12. The molecular formula is C19H20N6O2S2. The van der Waals surface area contributed by atoms with Gasteiger partial charge in [0, 0.05) is 24.5 Å². The van der Waals surface area contributed by atoms with Gasteiger partial charge in [-0.05, 0) is 24.1 Å². The van der Waals surface area contributed by atoms with Crippen LogP contribution in [-0.2, 0) is 17.0 Å². The SMILES string of the molecule is CC(C)c1noc(CCCC(=O)Nc2nnc(SCc3ccc(C#N)cc3)s2)n1. The van der Waals surface area contributed by atoms with Crippen molar-refractivity contribution in [3.63, 3.8) is 0 Å². The van der Waals surface area contributed by atoms with Gasteiger partial charge in [-0.3, -0.25) is 4.79 Å². The molecule has 0 unspecified atom stereocenters. The molecule has 3 rings (SSSR count). The molecule has 0 bridgehead atoms. The molecule has 0 fully saturated rings. The number of amides is 1. The van der Waals surface area contributed by atoms with E-state index >= 15 is 0 Å². The van der Waals surface area contributed by atoms with E-state index < -0.39 is 0 Å². The van der Waals surface area contributed by atoms with Crippen LogP contribution in [-0.4, -0.2) is 26.2 Å². The predicted molar refractivity (Wildman–Crippen MR) is 111 cm³/mol. The third kappa shape index (κ3) is 6.37. The van der Waals surface area contributed by atoms with Crippen LogP contribution in [0.2, 0.25) is 0 Å². The second kappa shape index (κ2) is 10.1. The molecule has 29 heavy (non-hydrogen) atoms. The standard InChI is InChI=1S/C19H20N6O2S2/c1-12(2)17-22-16(27-25-17)5-3-4-15(26)21-18-23-24-19(29-18)28-11-14-8-6-13(10-20)7-9-14/h6-9,12H,3-5,11H2,1-2H3,(H,21,23,26). The molecule has 10 heteroatoms. The topological polar surface area (TPSA) is 118 Å². The van der Waals surface area contributed by atoms with Crippen LogP contribution in [0.3, 0.4) is 0 Å². The summed E-state index contributed by atoms with van der Waals surface area (Å²) in [5.41, 5.74) is 1.73. The fourth-order valence-electron chi connectivity index (χ4n) is 2.33. The summed E-state index contributed by atoms with van der Waals surface area (Å²) in [5, 5.41) is 24.1. The van der Waals surface area contributed by atoms with E-state index in [1.165, 1.54) is 23.1 Å². The number of carbonyl (C=O) groups is 1. The lowest BCUT2D eigenvalue weighted by Crippen LogP contribution is -2.11. The summed E-state index contributed by atoms with van der Waals surface area (Å²) in [6, 6.07) is 9.52. The minimum atomic E-state index is -0.117. The van der Waals surface area contributed by atoms with Gasteiger partial charge in [0.15, 0.2) is 10.2 Å². The van der Waals surface area contributed by atoms with Crippen molar-refractivity contribution >= 4 is 34.1 Å². The van der Waals surface area contributed by atoms with Gasteiger partial charge in [-0.15, -0.1) is 10.2 Å². The number of anilines is 1. The molecule has 3 aromatic rings. The van der Waals surface area contributed by atoms with Gasteiger partial charge in [0.25, 0.3) is 0 Å². The first-order valence-electron chi connectivity index (χ1n) is 9.11. The smallest absolute Gasteiger partial charge is 0.226 e. The largest absolute Gasteiger partial charge is 0.339 e. The molecule has 0 saturated carbocycles. The summed E-state index contributed by atoms with van der Waals surface area (Å²) in [6.45, 7) is 4.00. The van der Waals surface area contributed by atoms with E-state index in [4.69, 9.17) is 9.78 Å². The monoisotopic (exact) mass is 428 g/mol. The van der Waals surface area contributed by atoms with Gasteiger partial charge in [-0.25, -0.2) is 0 Å². The number of thioether (sulfide) groups is 1. The van der Waals surface area contributed by atoms with Gasteiger partial charge in [0.1, 0.15) is 0 Å². The maximum atomic E-state index is 12.1. The molecule has 2 aromatic heterocycles. The Bertz CT molecular complexity index is 991. The van der Waals surface area contributed by atoms with Crippen molar-refractivity contribution in [2.45, 2.75) is 49.1 Å². The van der Waals surface area contributed by atoms with Gasteiger partial charge in [0.05, 0.1) is 11.6 Å². The molecule has 150 valence electrons. The molecule has 1 amide bonds. The maximum absolute atomic E-state index is 12.1. The lowest BCUT2D eigenvalue weighted by Gasteiger charge is -1.99. The number of hydrogen-bond donors (Lipinski definition) is 1. The second-order valence-electron chi connectivity index (χ2n) is 6.57. The Morgan fingerprint density at radius 3 is 2.79 bits per heavy atom. The van der Waals surface area contributed by atoms with E-state index in [1.807, 2.05) is 26.0 Å². The minimum Gasteiger partial charge on any atom is -0.339 e. The molecule has 0 aliphatic rings. The summed E-state index contributed by atoms with van der Waals surface area (Å²) in [5.74, 6) is 2.06. The summed E-state index contributed by atoms with van der Waals surface area (Å²) < 4.78 is 5.95. The Labute approximate surface area is 176 Å². The zero-order valence-electron chi connectivity index (χ0n) is 16.1. The molecule has 0 saturated heterocycles. The summed E-state index contributed by atoms with van der Waals surface area (Å²) in [4.78, 5) is 16.4. The fraction of sp³-hybridized carbons (Fsp3) is 0.368. The van der Waals surface area contributed by atoms with Crippen molar-refractivity contribution in [1.29, 1.82) is 5.26 Å². The Morgan fingerprint density at radius 2 is 2.10 bits per heavy atom. The Balaban J connectivity index is 1.40. The number of nitriles is 1. The molecule has 0 spiro atoms. The third-order valence-electron chi connectivity index (χ3n) is 3.89. The number of benzene rings is 1. The van der Waals surface area contributed by atoms with Crippen LogP contribution >= 0.6 is 23.1 Å². The Morgan fingerprint density at radius 1 is 1.31 bits per heavy atom. The van der Waals surface area contributed by atoms with Crippen LogP contribution < -0.4 is 5.32 Å². The number of carbonyl (C=O) groups excluding carboxylic acids is 1. The quantitative estimate of drug-likeness (QED) is 0.398. The van der Waals surface area contributed by atoms with Crippen molar-refractivity contribution in [3.05, 3.63) is 47.1 Å². The van der Waals surface area contributed by atoms with Gasteiger partial charge in [-0.2, -0.15) is 10.2 Å². The predicted octanol–water partition coefficient (Wildman–Crippen LogP) is 4.17. The first-order valence-corrected chi connectivity index (χ1v) is 10.9. The van der Waals surface area contributed by atoms with Crippen molar-refractivity contribution < 1.29 is 9.32 Å². The highest BCUT2D eigenvalue weighted by molar-refractivity contribution is 8.00. The maximum Gasteiger partial charge on any atom is 0.226 e. The molecule has 0 aliphatic carbocycles. The molecule has 1 N–H and O–H groups in total. The number of aromatic nitrogens is 4. The molecule has 1 aromatic carbocycles. The van der Waals surface area contributed by atoms with Gasteiger partial charge in [-0.1, -0.05) is 54.2 Å². The van der Waals surface area contributed by atoms with Crippen LogP contribution in [0.4, 0.5) is 5.13 Å². The Hall–Kier alpha value is -2.77. The number of nitrogens with zero attached hydrogens (tertiary/aromatic N) is 5. The number of rotatable bonds is 9. The molecule has 8 nitrogen and oxygen atoms in total. The van der Waals surface area contributed by atoms with Crippen LogP contribution in [0.25, 0.3) is 0 Å². The minimum absolute atomic E-state index is 0.117. The van der Waals surface area contributed by atoms with Crippen molar-refractivity contribution in [1.82, 2.24) is 20.3 Å². The van der Waals surface area contributed by atoms with Crippen molar-refractivity contribution in [2.75, 3.05) is 5.32 Å². The third-order valence-corrected chi connectivity index (χ3v) is 5.94. The van der Waals surface area contributed by atoms with Crippen LogP contribution in [0.5, 0.6) is 0 Å². The van der Waals surface area contributed by atoms with Gasteiger partial charge >= 0.3 is 0 Å². The second-order valence-corrected chi connectivity index (χ2v) is 8.77. The van der Waals surface area contributed by atoms with Crippen LogP contribution in [0.1, 0.15) is 55.4 Å². The molecular weight excluding hydrogens is 408 g/mol. The summed E-state index contributed by atoms with van der Waals surface area (Å²) >= 11 is 2.88. The van der Waals surface area contributed by atoms with Gasteiger partial charge in [0.2, 0.25) is 16.9 Å².